The van der Waals surface area contributed by atoms with Crippen molar-refractivity contribution in [1.82, 2.24) is 15.5 Å². The van der Waals surface area contributed by atoms with Gasteiger partial charge >= 0.3 is 12.1 Å². The molecule has 0 aliphatic carbocycles. The molecule has 0 aliphatic rings. The molecule has 0 heterocycles. The number of amides is 3. The van der Waals surface area contributed by atoms with Gasteiger partial charge in [0.15, 0.2) is 0 Å². The minimum Gasteiger partial charge on any atom is -0.458 e. The van der Waals surface area contributed by atoms with Crippen molar-refractivity contribution in [3.8, 4) is 12.5 Å². The lowest BCUT2D eigenvalue weighted by Crippen LogP contribution is -2.55. The Balaban J connectivity index is 2.61. The SMILES string of the molecule is C#CN(C(=O)C(NC(=O)OC(C)(C)C)C(C)CC)C(C(=O)NC(Cc1ccccc1)C(=O)OC(C)(C)C)c1cc(C)ccc1C. The predicted octanol–water partition coefficient (Wildman–Crippen LogP) is 5.77. The minimum absolute atomic E-state index is 0.153. The Hall–Kier alpha value is -4.32. The third kappa shape index (κ3) is 11.3. The van der Waals surface area contributed by atoms with Crippen molar-refractivity contribution < 1.29 is 28.7 Å². The molecule has 0 saturated heterocycles. The number of carbonyl (C=O) groups is 4. The standard InChI is InChI=1S/C36H49N3O6/c1-12-24(4)29(38-34(43)45-36(9,10)11)32(41)39(13-2)30(27-21-23(3)19-20-25(27)5)31(40)37-28(33(42)44-35(6,7)8)22-26-17-15-14-16-18-26/h2,14-21,24,28-30H,12,22H2,1,3-11H3,(H,37,40)(H,38,43). The van der Waals surface area contributed by atoms with Crippen LogP contribution in [0.25, 0.3) is 0 Å². The second-order valence-electron chi connectivity index (χ2n) is 13.4. The van der Waals surface area contributed by atoms with Crippen molar-refractivity contribution in [2.24, 2.45) is 5.92 Å². The molecular weight excluding hydrogens is 570 g/mol. The molecule has 4 unspecified atom stereocenters. The van der Waals surface area contributed by atoms with Crippen molar-refractivity contribution >= 4 is 23.9 Å². The normalized spacial score (nSPS) is 14.2. The fourth-order valence-electron chi connectivity index (χ4n) is 4.65. The van der Waals surface area contributed by atoms with E-state index in [9.17, 15) is 19.2 Å². The minimum atomic E-state index is -1.32. The molecule has 244 valence electrons. The van der Waals surface area contributed by atoms with Crippen LogP contribution in [0.2, 0.25) is 0 Å². The van der Waals surface area contributed by atoms with Gasteiger partial charge in [0.25, 0.3) is 5.91 Å². The Labute approximate surface area is 268 Å². The lowest BCUT2D eigenvalue weighted by molar-refractivity contribution is -0.159. The summed E-state index contributed by atoms with van der Waals surface area (Å²) < 4.78 is 11.1. The zero-order chi connectivity index (χ0) is 34.1. The summed E-state index contributed by atoms with van der Waals surface area (Å²) in [6.07, 6.45) is 5.89. The fraction of sp³-hybridized carbons (Fsp3) is 0.500. The molecule has 0 saturated carbocycles. The molecule has 2 aromatic rings. The quantitative estimate of drug-likeness (QED) is 0.188. The zero-order valence-corrected chi connectivity index (χ0v) is 28.3. The van der Waals surface area contributed by atoms with Crippen molar-refractivity contribution in [1.29, 1.82) is 0 Å². The Morgan fingerprint density at radius 2 is 1.51 bits per heavy atom. The Kier molecular flexibility index (Phi) is 12.8. The van der Waals surface area contributed by atoms with Crippen molar-refractivity contribution in [3.05, 3.63) is 70.8 Å². The fourth-order valence-corrected chi connectivity index (χ4v) is 4.65. The molecule has 0 spiro atoms. The van der Waals surface area contributed by atoms with Crippen LogP contribution in [0.5, 0.6) is 0 Å². The third-order valence-electron chi connectivity index (χ3n) is 7.05. The zero-order valence-electron chi connectivity index (χ0n) is 28.3. The van der Waals surface area contributed by atoms with E-state index in [1.54, 1.807) is 54.5 Å². The van der Waals surface area contributed by atoms with E-state index in [2.05, 4.69) is 16.7 Å². The highest BCUT2D eigenvalue weighted by Crippen LogP contribution is 2.28. The Morgan fingerprint density at radius 1 is 0.911 bits per heavy atom. The van der Waals surface area contributed by atoms with E-state index < -0.39 is 53.2 Å². The van der Waals surface area contributed by atoms with Crippen LogP contribution in [0.3, 0.4) is 0 Å². The van der Waals surface area contributed by atoms with Crippen molar-refractivity contribution in [2.75, 3.05) is 0 Å². The van der Waals surface area contributed by atoms with E-state index in [0.717, 1.165) is 16.0 Å². The van der Waals surface area contributed by atoms with Gasteiger partial charge in [-0.1, -0.05) is 80.8 Å². The van der Waals surface area contributed by atoms with Crippen LogP contribution in [0.15, 0.2) is 48.5 Å². The van der Waals surface area contributed by atoms with Crippen LogP contribution in [-0.2, 0) is 30.3 Å². The molecule has 3 amide bonds. The van der Waals surface area contributed by atoms with Crippen LogP contribution in [0.1, 0.15) is 90.1 Å². The average molecular weight is 620 g/mol. The molecule has 9 nitrogen and oxygen atoms in total. The van der Waals surface area contributed by atoms with Gasteiger partial charge in [-0.05, 0) is 78.0 Å². The number of hydrogen-bond donors (Lipinski definition) is 2. The molecule has 0 fully saturated rings. The smallest absolute Gasteiger partial charge is 0.408 e. The van der Waals surface area contributed by atoms with Gasteiger partial charge in [-0.25, -0.2) is 9.59 Å². The van der Waals surface area contributed by atoms with Gasteiger partial charge in [0.2, 0.25) is 5.91 Å². The molecule has 4 atom stereocenters. The number of nitrogens with one attached hydrogen (secondary N) is 2. The number of alkyl carbamates (subject to hydrolysis) is 1. The summed E-state index contributed by atoms with van der Waals surface area (Å²) in [6, 6.07) is 13.7. The number of hydrogen-bond acceptors (Lipinski definition) is 6. The highest BCUT2D eigenvalue weighted by Gasteiger charge is 2.40. The van der Waals surface area contributed by atoms with E-state index in [1.165, 1.54) is 0 Å². The maximum Gasteiger partial charge on any atom is 0.408 e. The summed E-state index contributed by atoms with van der Waals surface area (Å²) in [5.74, 6) is -2.30. The monoisotopic (exact) mass is 619 g/mol. The van der Waals surface area contributed by atoms with Crippen molar-refractivity contribution in [3.63, 3.8) is 0 Å². The molecule has 0 aliphatic heterocycles. The first-order chi connectivity index (χ1) is 20.9. The first-order valence-electron chi connectivity index (χ1n) is 15.3. The van der Waals surface area contributed by atoms with Gasteiger partial charge in [-0.15, -0.1) is 0 Å². The van der Waals surface area contributed by atoms with E-state index in [-0.39, 0.29) is 12.3 Å². The number of benzene rings is 2. The summed E-state index contributed by atoms with van der Waals surface area (Å²) in [5, 5.41) is 5.52. The second kappa shape index (κ2) is 15.6. The first-order valence-corrected chi connectivity index (χ1v) is 15.3. The number of rotatable bonds is 11. The number of aryl methyl sites for hydroxylation is 2. The van der Waals surface area contributed by atoms with Crippen LogP contribution in [0, 0.1) is 32.2 Å². The van der Waals surface area contributed by atoms with E-state index >= 15 is 0 Å². The summed E-state index contributed by atoms with van der Waals surface area (Å²) >= 11 is 0. The Morgan fingerprint density at radius 3 is 2.04 bits per heavy atom. The van der Waals surface area contributed by atoms with E-state index in [1.807, 2.05) is 63.2 Å². The Bertz CT molecular complexity index is 1380. The second-order valence-corrected chi connectivity index (χ2v) is 13.4. The molecule has 45 heavy (non-hydrogen) atoms. The molecule has 2 rings (SSSR count). The van der Waals surface area contributed by atoms with Crippen LogP contribution in [-0.4, -0.2) is 52.1 Å². The predicted molar refractivity (Wildman–Crippen MR) is 175 cm³/mol. The number of terminal acetylenes is 1. The van der Waals surface area contributed by atoms with Crippen LogP contribution >= 0.6 is 0 Å². The number of nitrogens with zero attached hydrogens (tertiary/aromatic N) is 1. The number of carbonyl (C=O) groups excluding carboxylic acids is 4. The molecule has 0 aromatic heterocycles. The van der Waals surface area contributed by atoms with Gasteiger partial charge in [-0.2, -0.15) is 0 Å². The van der Waals surface area contributed by atoms with Crippen LogP contribution < -0.4 is 10.6 Å². The van der Waals surface area contributed by atoms with E-state index in [4.69, 9.17) is 15.9 Å². The third-order valence-corrected chi connectivity index (χ3v) is 7.05. The topological polar surface area (TPSA) is 114 Å². The highest BCUT2D eigenvalue weighted by atomic mass is 16.6. The maximum absolute atomic E-state index is 14.3. The van der Waals surface area contributed by atoms with Gasteiger partial charge < -0.3 is 20.1 Å². The first kappa shape index (κ1) is 36.9. The largest absolute Gasteiger partial charge is 0.458 e. The molecule has 9 heteroatoms. The van der Waals surface area contributed by atoms with Gasteiger partial charge in [0.05, 0.1) is 0 Å². The van der Waals surface area contributed by atoms with Crippen molar-refractivity contribution in [2.45, 2.75) is 111 Å². The molecular formula is C36H49N3O6. The summed E-state index contributed by atoms with van der Waals surface area (Å²) in [4.78, 5) is 55.8. The molecule has 2 N–H and O–H groups in total. The summed E-state index contributed by atoms with van der Waals surface area (Å²) in [7, 11) is 0. The molecule has 0 radical (unpaired) electrons. The highest BCUT2D eigenvalue weighted by molar-refractivity contribution is 5.95. The summed E-state index contributed by atoms with van der Waals surface area (Å²) in [6.45, 7) is 17.8. The summed E-state index contributed by atoms with van der Waals surface area (Å²) in [5.41, 5.74) is 1.25. The molecule has 0 bridgehead atoms. The lowest BCUT2D eigenvalue weighted by Gasteiger charge is -2.34. The van der Waals surface area contributed by atoms with Gasteiger partial charge in [-0.3, -0.25) is 14.5 Å². The molecule has 2 aromatic carbocycles. The maximum atomic E-state index is 14.3. The lowest BCUT2D eigenvalue weighted by atomic mass is 9.93. The van der Waals surface area contributed by atoms with Crippen LogP contribution in [0.4, 0.5) is 4.79 Å². The number of ether oxygens (including phenoxy) is 2. The number of esters is 1. The van der Waals surface area contributed by atoms with Gasteiger partial charge in [0, 0.05) is 12.5 Å². The van der Waals surface area contributed by atoms with E-state index in [0.29, 0.717) is 17.5 Å². The van der Waals surface area contributed by atoms with Gasteiger partial charge in [0.1, 0.15) is 29.3 Å². The average Bonchev–Trinajstić information content (AvgIpc) is 2.93.